The Morgan fingerprint density at radius 2 is 1.41 bits per heavy atom. The van der Waals surface area contributed by atoms with Gasteiger partial charge in [0.15, 0.2) is 0 Å². The number of rotatable bonds is 6. The van der Waals surface area contributed by atoms with Gasteiger partial charge in [0.05, 0.1) is 0 Å². The van der Waals surface area contributed by atoms with Crippen molar-refractivity contribution in [2.45, 2.75) is 12.4 Å². The molecule has 2 N–H and O–H groups in total. The van der Waals surface area contributed by atoms with Crippen LogP contribution in [0.2, 0.25) is 0 Å². The van der Waals surface area contributed by atoms with E-state index in [-0.39, 0.29) is 11.9 Å². The van der Waals surface area contributed by atoms with Crippen LogP contribution in [0.25, 0.3) is 0 Å². The Bertz CT molecular complexity index is 917. The summed E-state index contributed by atoms with van der Waals surface area (Å²) in [5.41, 5.74) is 1.36. The van der Waals surface area contributed by atoms with Crippen LogP contribution in [0.5, 0.6) is 0 Å². The molecular weight excluding hydrogens is 361 g/mol. The molecule has 138 valence electrons. The van der Waals surface area contributed by atoms with Crippen LogP contribution in [0.3, 0.4) is 0 Å². The third-order valence-electron chi connectivity index (χ3n) is 4.06. The first kappa shape index (κ1) is 18.9. The van der Waals surface area contributed by atoms with E-state index in [1.807, 2.05) is 30.3 Å². The first-order valence-electron chi connectivity index (χ1n) is 8.47. The average Bonchev–Trinajstić information content (AvgIpc) is 2.72. The van der Waals surface area contributed by atoms with Crippen LogP contribution in [0.4, 0.5) is 4.79 Å². The van der Waals surface area contributed by atoms with Crippen molar-refractivity contribution in [2.24, 2.45) is 0 Å². The zero-order valence-corrected chi connectivity index (χ0v) is 15.5. The quantitative estimate of drug-likeness (QED) is 0.628. The third-order valence-corrected chi connectivity index (χ3v) is 6.22. The number of amides is 1. The highest BCUT2D eigenvalue weighted by Gasteiger charge is 2.35. The molecule has 0 aliphatic heterocycles. The molecule has 3 aromatic rings. The van der Waals surface area contributed by atoms with Gasteiger partial charge in [-0.05, 0) is 23.3 Å². The summed E-state index contributed by atoms with van der Waals surface area (Å²) in [6.45, 7) is 0.0786. The lowest BCUT2D eigenvalue weighted by Gasteiger charge is -2.24. The lowest BCUT2D eigenvalue weighted by molar-refractivity contribution is 0.138. The van der Waals surface area contributed by atoms with Crippen molar-refractivity contribution >= 4 is 18.8 Å². The molecular formula is C21H20NO4P. The number of carbonyl (C=O) groups excluding carboxylic acids is 1. The molecule has 5 nitrogen and oxygen atoms in total. The van der Waals surface area contributed by atoms with E-state index in [4.69, 9.17) is 4.74 Å². The summed E-state index contributed by atoms with van der Waals surface area (Å²) in [5, 5.41) is 2.83. The predicted molar refractivity (Wildman–Crippen MR) is 105 cm³/mol. The van der Waals surface area contributed by atoms with Crippen LogP contribution in [-0.2, 0) is 15.9 Å². The Hall–Kier alpha value is -2.88. The maximum absolute atomic E-state index is 13.2. The standard InChI is InChI=1S/C21H20NO4P/c23-21(26-16-17-10-4-1-5-11-17)22-20(18-12-6-2-7-13-18)27(24,25)19-14-8-3-9-15-19/h1-15,20H,16H2,(H,22,23)(H,24,25). The van der Waals surface area contributed by atoms with Crippen LogP contribution in [-0.4, -0.2) is 11.0 Å². The van der Waals surface area contributed by atoms with Crippen LogP contribution < -0.4 is 10.6 Å². The number of carbonyl (C=O) groups is 1. The lowest BCUT2D eigenvalue weighted by atomic mass is 10.2. The van der Waals surface area contributed by atoms with Gasteiger partial charge in [-0.25, -0.2) is 4.79 Å². The van der Waals surface area contributed by atoms with E-state index in [1.165, 1.54) is 0 Å². The molecule has 0 aliphatic carbocycles. The minimum Gasteiger partial charge on any atom is -0.445 e. The molecule has 0 bridgehead atoms. The summed E-state index contributed by atoms with van der Waals surface area (Å²) in [6, 6.07) is 26.3. The third kappa shape index (κ3) is 4.85. The smallest absolute Gasteiger partial charge is 0.408 e. The van der Waals surface area contributed by atoms with Gasteiger partial charge in [-0.3, -0.25) is 4.57 Å². The Kier molecular flexibility index (Phi) is 6.07. The van der Waals surface area contributed by atoms with Crippen molar-refractivity contribution in [3.63, 3.8) is 0 Å². The van der Waals surface area contributed by atoms with Crippen LogP contribution in [0.1, 0.15) is 16.9 Å². The molecule has 3 aromatic carbocycles. The normalized spacial score (nSPS) is 14.0. The fourth-order valence-corrected chi connectivity index (χ4v) is 4.43. The van der Waals surface area contributed by atoms with Crippen LogP contribution in [0, 0.1) is 0 Å². The molecule has 0 fully saturated rings. The predicted octanol–water partition coefficient (Wildman–Crippen LogP) is 4.21. The maximum Gasteiger partial charge on any atom is 0.408 e. The fourth-order valence-electron chi connectivity index (χ4n) is 2.68. The molecule has 3 rings (SSSR count). The van der Waals surface area contributed by atoms with E-state index in [0.29, 0.717) is 5.56 Å². The zero-order valence-electron chi connectivity index (χ0n) is 14.6. The molecule has 27 heavy (non-hydrogen) atoms. The highest BCUT2D eigenvalue weighted by molar-refractivity contribution is 7.66. The Morgan fingerprint density at radius 1 is 0.889 bits per heavy atom. The van der Waals surface area contributed by atoms with Crippen LogP contribution in [0.15, 0.2) is 91.0 Å². The van der Waals surface area contributed by atoms with E-state index >= 15 is 0 Å². The van der Waals surface area contributed by atoms with Gasteiger partial charge >= 0.3 is 6.09 Å². The highest BCUT2D eigenvalue weighted by atomic mass is 31.2. The summed E-state index contributed by atoms with van der Waals surface area (Å²) in [6.07, 6.45) is -0.752. The topological polar surface area (TPSA) is 75.6 Å². The van der Waals surface area contributed by atoms with Crippen molar-refractivity contribution in [3.05, 3.63) is 102 Å². The summed E-state index contributed by atoms with van der Waals surface area (Å²) < 4.78 is 18.4. The zero-order chi connectivity index (χ0) is 19.1. The van der Waals surface area contributed by atoms with Gasteiger partial charge in [-0.15, -0.1) is 0 Å². The summed E-state index contributed by atoms with van der Waals surface area (Å²) in [7, 11) is -3.94. The van der Waals surface area contributed by atoms with Gasteiger partial charge < -0.3 is 14.9 Å². The first-order valence-corrected chi connectivity index (χ1v) is 10.2. The summed E-state index contributed by atoms with van der Waals surface area (Å²) in [5.74, 6) is -1.11. The average molecular weight is 381 g/mol. The van der Waals surface area contributed by atoms with E-state index in [9.17, 15) is 14.3 Å². The number of hydrogen-bond acceptors (Lipinski definition) is 3. The Labute approximate surface area is 158 Å². The number of alkyl carbamates (subject to hydrolysis) is 1. The first-order chi connectivity index (χ1) is 13.1. The molecule has 0 aliphatic rings. The number of nitrogens with one attached hydrogen (secondary N) is 1. The van der Waals surface area contributed by atoms with E-state index in [0.717, 1.165) is 5.56 Å². The van der Waals surface area contributed by atoms with E-state index in [2.05, 4.69) is 5.32 Å². The second-order valence-electron chi connectivity index (χ2n) is 5.98. The minimum absolute atomic E-state index is 0.0786. The molecule has 0 saturated carbocycles. The second kappa shape index (κ2) is 8.67. The van der Waals surface area contributed by atoms with Gasteiger partial charge in [0.1, 0.15) is 12.4 Å². The molecule has 6 heteroatoms. The van der Waals surface area contributed by atoms with Crippen molar-refractivity contribution in [1.82, 2.24) is 5.32 Å². The highest BCUT2D eigenvalue weighted by Crippen LogP contribution is 2.52. The van der Waals surface area contributed by atoms with E-state index in [1.54, 1.807) is 60.7 Å². The fraction of sp³-hybridized carbons (Fsp3) is 0.0952. The van der Waals surface area contributed by atoms with Gasteiger partial charge in [0.2, 0.25) is 0 Å². The molecule has 0 heterocycles. The number of hydrogen-bond donors (Lipinski definition) is 2. The lowest BCUT2D eigenvalue weighted by Crippen LogP contribution is -2.31. The number of benzene rings is 3. The maximum atomic E-state index is 13.2. The summed E-state index contributed by atoms with van der Waals surface area (Å²) in [4.78, 5) is 23.1. The van der Waals surface area contributed by atoms with Crippen molar-refractivity contribution in [3.8, 4) is 0 Å². The van der Waals surface area contributed by atoms with Gasteiger partial charge in [-0.2, -0.15) is 0 Å². The molecule has 0 aromatic heterocycles. The van der Waals surface area contributed by atoms with E-state index < -0.39 is 19.2 Å². The Morgan fingerprint density at radius 3 is 2.00 bits per heavy atom. The van der Waals surface area contributed by atoms with Crippen molar-refractivity contribution in [2.75, 3.05) is 0 Å². The molecule has 0 saturated heterocycles. The second-order valence-corrected chi connectivity index (χ2v) is 8.26. The molecule has 0 radical (unpaired) electrons. The van der Waals surface area contributed by atoms with Crippen molar-refractivity contribution < 1.29 is 19.0 Å². The SMILES string of the molecule is O=C(NC(c1ccccc1)P(=O)(O)c1ccccc1)OCc1ccccc1. The molecule has 1 amide bonds. The van der Waals surface area contributed by atoms with Gasteiger partial charge in [0.25, 0.3) is 7.37 Å². The molecule has 2 unspecified atom stereocenters. The molecule has 2 atom stereocenters. The number of ether oxygens (including phenoxy) is 1. The largest absolute Gasteiger partial charge is 0.445 e. The van der Waals surface area contributed by atoms with Gasteiger partial charge in [-0.1, -0.05) is 78.9 Å². The Balaban J connectivity index is 1.81. The summed E-state index contributed by atoms with van der Waals surface area (Å²) >= 11 is 0. The van der Waals surface area contributed by atoms with Crippen LogP contribution >= 0.6 is 7.37 Å². The minimum atomic E-state index is -3.94. The monoisotopic (exact) mass is 381 g/mol. The van der Waals surface area contributed by atoms with Gasteiger partial charge in [0, 0.05) is 5.30 Å². The molecule has 0 spiro atoms. The van der Waals surface area contributed by atoms with Crippen molar-refractivity contribution in [1.29, 1.82) is 0 Å².